The molecule has 1 N–H and O–H groups in total. The van der Waals surface area contributed by atoms with E-state index in [-0.39, 0.29) is 5.75 Å². The lowest BCUT2D eigenvalue weighted by Crippen LogP contribution is -2.00. The smallest absolute Gasteiger partial charge is 0.234 e. The van der Waals surface area contributed by atoms with Crippen molar-refractivity contribution in [2.45, 2.75) is 0 Å². The molecule has 3 nitrogen and oxygen atoms in total. The van der Waals surface area contributed by atoms with Gasteiger partial charge in [0.1, 0.15) is 0 Å². The second-order valence-electron chi connectivity index (χ2n) is 0.967. The molecule has 5 heteroatoms. The lowest BCUT2D eigenvalue weighted by Gasteiger charge is -1.83. The van der Waals surface area contributed by atoms with Gasteiger partial charge in [0, 0.05) is 10.7 Å². The maximum Gasteiger partial charge on any atom is 0.234 e. The summed E-state index contributed by atoms with van der Waals surface area (Å²) < 4.78 is 19.7. The molecule has 0 aliphatic rings. The first-order valence-corrected chi connectivity index (χ1v) is 4.07. The molecule has 44 valence electrons. The van der Waals surface area contributed by atoms with Gasteiger partial charge in [-0.05, 0) is 0 Å². The van der Waals surface area contributed by atoms with Crippen molar-refractivity contribution in [1.82, 2.24) is 0 Å². The highest BCUT2D eigenvalue weighted by Gasteiger charge is 2.00. The van der Waals surface area contributed by atoms with Crippen molar-refractivity contribution < 1.29 is 13.5 Å². The summed E-state index contributed by atoms with van der Waals surface area (Å²) >= 11 is 0. The monoisotopic (exact) mass is 144 g/mol. The molecule has 0 aromatic heterocycles. The second-order valence-corrected chi connectivity index (χ2v) is 3.86. The molecule has 0 unspecified atom stereocenters. The summed E-state index contributed by atoms with van der Waals surface area (Å²) in [6.45, 7) is -0.411. The van der Waals surface area contributed by atoms with Crippen LogP contribution in [-0.2, 0) is 9.05 Å². The van der Waals surface area contributed by atoms with E-state index in [1.807, 2.05) is 0 Å². The third-order valence-electron chi connectivity index (χ3n) is 0.335. The van der Waals surface area contributed by atoms with Gasteiger partial charge in [0.15, 0.2) is 0 Å². The van der Waals surface area contributed by atoms with Crippen LogP contribution in [0.25, 0.3) is 0 Å². The standard InChI is InChI=1S/C2H5ClO3S/c3-7(5,6)2-1-4/h4H,1-2H2. The van der Waals surface area contributed by atoms with Crippen molar-refractivity contribution in [3.8, 4) is 0 Å². The summed E-state index contributed by atoms with van der Waals surface area (Å²) in [4.78, 5) is 0. The maximum absolute atomic E-state index is 9.84. The van der Waals surface area contributed by atoms with Crippen molar-refractivity contribution >= 4 is 19.7 Å². The molecule has 0 atom stereocenters. The van der Waals surface area contributed by atoms with Gasteiger partial charge in [-0.25, -0.2) is 8.42 Å². The molecule has 0 aromatic carbocycles. The molecular weight excluding hydrogens is 140 g/mol. The van der Waals surface area contributed by atoms with Crippen LogP contribution >= 0.6 is 10.7 Å². The molecule has 7 heavy (non-hydrogen) atoms. The van der Waals surface area contributed by atoms with E-state index in [0.717, 1.165) is 0 Å². The largest absolute Gasteiger partial charge is 0.395 e. The van der Waals surface area contributed by atoms with E-state index < -0.39 is 15.7 Å². The molecule has 0 heterocycles. The van der Waals surface area contributed by atoms with Gasteiger partial charge in [0.2, 0.25) is 9.05 Å². The van der Waals surface area contributed by atoms with Crippen molar-refractivity contribution in [1.29, 1.82) is 0 Å². The Morgan fingerprint density at radius 2 is 2.00 bits per heavy atom. The van der Waals surface area contributed by atoms with Gasteiger partial charge in [-0.3, -0.25) is 0 Å². The lowest BCUT2D eigenvalue weighted by molar-refractivity contribution is 0.320. The molecule has 0 rings (SSSR count). The molecule has 0 radical (unpaired) electrons. The second kappa shape index (κ2) is 2.49. The van der Waals surface area contributed by atoms with Gasteiger partial charge in [0.25, 0.3) is 0 Å². The van der Waals surface area contributed by atoms with Crippen LogP contribution in [-0.4, -0.2) is 25.9 Å². The van der Waals surface area contributed by atoms with Gasteiger partial charge < -0.3 is 5.11 Å². The van der Waals surface area contributed by atoms with Crippen molar-refractivity contribution in [2.24, 2.45) is 0 Å². The van der Waals surface area contributed by atoms with Crippen LogP contribution in [0.15, 0.2) is 0 Å². The number of halogens is 1. The Bertz CT molecular complexity index is 126. The molecule has 0 saturated carbocycles. The van der Waals surface area contributed by atoms with Crippen LogP contribution in [0.4, 0.5) is 0 Å². The average Bonchev–Trinajstić information content (AvgIpc) is 1.30. The van der Waals surface area contributed by atoms with E-state index in [1.165, 1.54) is 0 Å². The van der Waals surface area contributed by atoms with Crippen molar-refractivity contribution in [3.05, 3.63) is 0 Å². The number of hydrogen-bond acceptors (Lipinski definition) is 3. The Labute approximate surface area is 46.3 Å². The van der Waals surface area contributed by atoms with Gasteiger partial charge in [-0.1, -0.05) is 0 Å². The molecule has 0 aliphatic carbocycles. The van der Waals surface area contributed by atoms with Gasteiger partial charge in [0.05, 0.1) is 12.4 Å². The van der Waals surface area contributed by atoms with Crippen LogP contribution in [0.1, 0.15) is 0 Å². The highest BCUT2D eigenvalue weighted by molar-refractivity contribution is 8.13. The topological polar surface area (TPSA) is 54.4 Å². The maximum atomic E-state index is 9.84. The number of rotatable bonds is 2. The van der Waals surface area contributed by atoms with E-state index in [9.17, 15) is 8.42 Å². The molecule has 0 fully saturated rings. The summed E-state index contributed by atoms with van der Waals surface area (Å²) in [5, 5.41) is 7.94. The fraction of sp³-hybridized carbons (Fsp3) is 1.00. The summed E-state index contributed by atoms with van der Waals surface area (Å²) in [5.74, 6) is -0.367. The summed E-state index contributed by atoms with van der Waals surface area (Å²) in [7, 11) is 1.19. The first-order chi connectivity index (χ1) is 3.06. The molecule has 0 amide bonds. The summed E-state index contributed by atoms with van der Waals surface area (Å²) in [6.07, 6.45) is 0. The average molecular weight is 145 g/mol. The Morgan fingerprint density at radius 3 is 2.00 bits per heavy atom. The highest BCUT2D eigenvalue weighted by Crippen LogP contribution is 1.92. The molecule has 0 spiro atoms. The number of aliphatic hydroxyl groups is 1. The lowest BCUT2D eigenvalue weighted by atomic mass is 10.9. The molecule has 0 aliphatic heterocycles. The number of hydrogen-bond donors (Lipinski definition) is 1. The van der Waals surface area contributed by atoms with E-state index in [1.54, 1.807) is 0 Å². The Morgan fingerprint density at radius 1 is 1.57 bits per heavy atom. The fourth-order valence-corrected chi connectivity index (χ4v) is 0.534. The van der Waals surface area contributed by atoms with Gasteiger partial charge >= 0.3 is 0 Å². The van der Waals surface area contributed by atoms with Crippen LogP contribution in [0, 0.1) is 0 Å². The van der Waals surface area contributed by atoms with Crippen molar-refractivity contribution in [3.63, 3.8) is 0 Å². The fourth-order valence-electron chi connectivity index (χ4n) is 0.109. The Balaban J connectivity index is 3.60. The number of aliphatic hydroxyl groups excluding tert-OH is 1. The summed E-state index contributed by atoms with van der Waals surface area (Å²) in [5.41, 5.74) is 0. The van der Waals surface area contributed by atoms with Crippen molar-refractivity contribution in [2.75, 3.05) is 12.4 Å². The van der Waals surface area contributed by atoms with Gasteiger partial charge in [-0.15, -0.1) is 0 Å². The van der Waals surface area contributed by atoms with Crippen LogP contribution in [0.5, 0.6) is 0 Å². The molecule has 0 bridgehead atoms. The zero-order valence-electron chi connectivity index (χ0n) is 3.46. The van der Waals surface area contributed by atoms with Gasteiger partial charge in [-0.2, -0.15) is 0 Å². The molecular formula is C2H5ClO3S. The molecule has 0 aromatic rings. The van der Waals surface area contributed by atoms with Crippen LogP contribution in [0.2, 0.25) is 0 Å². The predicted octanol–water partition coefficient (Wildman–Crippen LogP) is -0.453. The first-order valence-electron chi connectivity index (χ1n) is 1.59. The molecule has 0 saturated heterocycles. The van der Waals surface area contributed by atoms with E-state index >= 15 is 0 Å². The first kappa shape index (κ1) is 7.20. The minimum atomic E-state index is -3.45. The minimum Gasteiger partial charge on any atom is -0.395 e. The SMILES string of the molecule is O=S(=O)(Cl)CCO. The highest BCUT2D eigenvalue weighted by atomic mass is 35.7. The van der Waals surface area contributed by atoms with Crippen LogP contribution < -0.4 is 0 Å². The van der Waals surface area contributed by atoms with E-state index in [4.69, 9.17) is 5.11 Å². The van der Waals surface area contributed by atoms with E-state index in [0.29, 0.717) is 0 Å². The zero-order chi connectivity index (χ0) is 5.91. The third-order valence-corrected chi connectivity index (χ3v) is 1.47. The van der Waals surface area contributed by atoms with Crippen LogP contribution in [0.3, 0.4) is 0 Å². The summed E-state index contributed by atoms with van der Waals surface area (Å²) in [6, 6.07) is 0. The third kappa shape index (κ3) is 6.20. The minimum absolute atomic E-state index is 0.367. The quantitative estimate of drug-likeness (QED) is 0.534. The Kier molecular flexibility index (Phi) is 2.56. The Hall–Kier alpha value is 0.200. The normalized spacial score (nSPS) is 11.7. The predicted molar refractivity (Wildman–Crippen MR) is 26.7 cm³/mol. The zero-order valence-corrected chi connectivity index (χ0v) is 5.04. The van der Waals surface area contributed by atoms with E-state index in [2.05, 4.69) is 10.7 Å².